The molecule has 0 bridgehead atoms. The average molecular weight is 198 g/mol. The fraction of sp³-hybridized carbons (Fsp3) is 0.400. The monoisotopic (exact) mass is 198 g/mol. The molecule has 69 valence electrons. The summed E-state index contributed by atoms with van der Waals surface area (Å²) in [7, 11) is 0. The molecule has 0 saturated carbocycles. The summed E-state index contributed by atoms with van der Waals surface area (Å²) in [6.45, 7) is 2.20. The van der Waals surface area contributed by atoms with Gasteiger partial charge in [0.1, 0.15) is 11.0 Å². The standard InChI is InChI=1S/C10H13N3.Na/c1-2-3-5-8-6-4-7-9-10(8)12-13-11-9;/h4,6-7H,2-3,5H2,1H3,(H,11,12,13);. The van der Waals surface area contributed by atoms with Gasteiger partial charge in [0, 0.05) is 29.6 Å². The number of nitrogens with zero attached hydrogens (tertiary/aromatic N) is 2. The molecule has 1 radical (unpaired) electrons. The zero-order valence-corrected chi connectivity index (χ0v) is 10.7. The van der Waals surface area contributed by atoms with Gasteiger partial charge in [0.05, 0.1) is 0 Å². The minimum atomic E-state index is 0. The number of hydrogen-bond acceptors (Lipinski definition) is 2. The van der Waals surface area contributed by atoms with Gasteiger partial charge in [-0.15, -0.1) is 0 Å². The summed E-state index contributed by atoms with van der Waals surface area (Å²) >= 11 is 0. The van der Waals surface area contributed by atoms with Crippen LogP contribution >= 0.6 is 0 Å². The number of unbranched alkanes of at least 4 members (excludes halogenated alkanes) is 1. The maximum absolute atomic E-state index is 4.14. The summed E-state index contributed by atoms with van der Waals surface area (Å²) in [6.07, 6.45) is 3.53. The van der Waals surface area contributed by atoms with Gasteiger partial charge in [-0.05, 0) is 24.5 Å². The molecule has 0 fully saturated rings. The third kappa shape index (κ3) is 2.35. The molecule has 2 rings (SSSR count). The van der Waals surface area contributed by atoms with Crippen LogP contribution in [0.5, 0.6) is 0 Å². The SMILES string of the molecule is CCCCc1cccc2n[nH]nc12.[Na]. The molecule has 0 aliphatic heterocycles. The minimum Gasteiger partial charge on any atom is -0.197 e. The number of benzene rings is 1. The first-order chi connectivity index (χ1) is 6.42. The van der Waals surface area contributed by atoms with Gasteiger partial charge in [0.15, 0.2) is 0 Å². The summed E-state index contributed by atoms with van der Waals surface area (Å²) in [5, 5.41) is 10.8. The molecule has 0 spiro atoms. The Balaban J connectivity index is 0.000000980. The van der Waals surface area contributed by atoms with Crippen LogP contribution in [-0.2, 0) is 6.42 Å². The van der Waals surface area contributed by atoms with E-state index in [4.69, 9.17) is 0 Å². The number of para-hydroxylation sites is 1. The Kier molecular flexibility index (Phi) is 4.58. The molecule has 3 nitrogen and oxygen atoms in total. The quantitative estimate of drug-likeness (QED) is 0.765. The van der Waals surface area contributed by atoms with Gasteiger partial charge in [-0.1, -0.05) is 25.5 Å². The Morgan fingerprint density at radius 3 is 2.93 bits per heavy atom. The van der Waals surface area contributed by atoms with E-state index in [1.807, 2.05) is 12.1 Å². The fourth-order valence-corrected chi connectivity index (χ4v) is 1.49. The van der Waals surface area contributed by atoms with Crippen LogP contribution in [0.15, 0.2) is 18.2 Å². The molecule has 2 aromatic rings. The molecule has 0 atom stereocenters. The average Bonchev–Trinajstić information content (AvgIpc) is 2.62. The third-order valence-corrected chi connectivity index (χ3v) is 2.23. The van der Waals surface area contributed by atoms with Crippen LogP contribution < -0.4 is 0 Å². The number of aromatic nitrogens is 3. The van der Waals surface area contributed by atoms with Crippen molar-refractivity contribution in [1.29, 1.82) is 0 Å². The maximum Gasteiger partial charge on any atom is 0.116 e. The van der Waals surface area contributed by atoms with Crippen molar-refractivity contribution in [3.8, 4) is 0 Å². The maximum atomic E-state index is 4.14. The van der Waals surface area contributed by atoms with Gasteiger partial charge < -0.3 is 0 Å². The summed E-state index contributed by atoms with van der Waals surface area (Å²) in [5.41, 5.74) is 3.29. The van der Waals surface area contributed by atoms with Crippen LogP contribution in [0.2, 0.25) is 0 Å². The van der Waals surface area contributed by atoms with E-state index in [2.05, 4.69) is 28.4 Å². The predicted molar refractivity (Wildman–Crippen MR) is 58.3 cm³/mol. The summed E-state index contributed by atoms with van der Waals surface area (Å²) < 4.78 is 0. The van der Waals surface area contributed by atoms with E-state index in [1.165, 1.54) is 18.4 Å². The first-order valence-electron chi connectivity index (χ1n) is 4.70. The summed E-state index contributed by atoms with van der Waals surface area (Å²) in [4.78, 5) is 0. The van der Waals surface area contributed by atoms with E-state index in [0.717, 1.165) is 17.5 Å². The Morgan fingerprint density at radius 2 is 2.14 bits per heavy atom. The van der Waals surface area contributed by atoms with Crippen LogP contribution in [0.1, 0.15) is 25.3 Å². The molecular formula is C10H13N3Na. The van der Waals surface area contributed by atoms with Crippen molar-refractivity contribution >= 4 is 40.6 Å². The van der Waals surface area contributed by atoms with Crippen molar-refractivity contribution in [3.05, 3.63) is 23.8 Å². The Hall–Kier alpha value is -0.380. The smallest absolute Gasteiger partial charge is 0.116 e. The third-order valence-electron chi connectivity index (χ3n) is 2.23. The predicted octanol–water partition coefficient (Wildman–Crippen LogP) is 1.92. The van der Waals surface area contributed by atoms with Crippen LogP contribution in [0.3, 0.4) is 0 Å². The topological polar surface area (TPSA) is 41.6 Å². The zero-order chi connectivity index (χ0) is 9.10. The Labute approximate surface area is 106 Å². The normalized spacial score (nSPS) is 10.1. The van der Waals surface area contributed by atoms with E-state index in [-0.39, 0.29) is 29.6 Å². The molecule has 0 unspecified atom stereocenters. The number of rotatable bonds is 3. The summed E-state index contributed by atoms with van der Waals surface area (Å²) in [6, 6.07) is 6.14. The van der Waals surface area contributed by atoms with Crippen LogP contribution in [0, 0.1) is 0 Å². The molecule has 4 heteroatoms. The van der Waals surface area contributed by atoms with Crippen LogP contribution in [-0.4, -0.2) is 45.0 Å². The van der Waals surface area contributed by atoms with Crippen molar-refractivity contribution in [1.82, 2.24) is 15.4 Å². The Morgan fingerprint density at radius 1 is 1.29 bits per heavy atom. The van der Waals surface area contributed by atoms with Crippen molar-refractivity contribution in [3.63, 3.8) is 0 Å². The molecule has 1 heterocycles. The van der Waals surface area contributed by atoms with Crippen molar-refractivity contribution in [2.24, 2.45) is 0 Å². The molecule has 0 amide bonds. The van der Waals surface area contributed by atoms with E-state index in [9.17, 15) is 0 Å². The second-order valence-corrected chi connectivity index (χ2v) is 3.21. The summed E-state index contributed by atoms with van der Waals surface area (Å²) in [5.74, 6) is 0. The second kappa shape index (κ2) is 5.49. The molecule has 0 saturated heterocycles. The molecule has 0 aliphatic carbocycles. The first kappa shape index (κ1) is 11.7. The van der Waals surface area contributed by atoms with Crippen LogP contribution in [0.4, 0.5) is 0 Å². The van der Waals surface area contributed by atoms with Gasteiger partial charge in [0.2, 0.25) is 0 Å². The Bertz CT molecular complexity index is 397. The van der Waals surface area contributed by atoms with Gasteiger partial charge in [-0.3, -0.25) is 0 Å². The number of aryl methyl sites for hydroxylation is 1. The largest absolute Gasteiger partial charge is 0.197 e. The van der Waals surface area contributed by atoms with Gasteiger partial charge in [-0.2, -0.15) is 15.4 Å². The molecule has 14 heavy (non-hydrogen) atoms. The van der Waals surface area contributed by atoms with E-state index >= 15 is 0 Å². The van der Waals surface area contributed by atoms with Crippen molar-refractivity contribution in [2.75, 3.05) is 0 Å². The number of H-pyrrole nitrogens is 1. The fourth-order valence-electron chi connectivity index (χ4n) is 1.49. The molecule has 0 aliphatic rings. The van der Waals surface area contributed by atoms with Crippen molar-refractivity contribution in [2.45, 2.75) is 26.2 Å². The number of fused-ring (bicyclic) bond motifs is 1. The van der Waals surface area contributed by atoms with E-state index in [0.29, 0.717) is 0 Å². The minimum absolute atomic E-state index is 0. The van der Waals surface area contributed by atoms with Crippen LogP contribution in [0.25, 0.3) is 11.0 Å². The zero-order valence-electron chi connectivity index (χ0n) is 8.75. The van der Waals surface area contributed by atoms with E-state index < -0.39 is 0 Å². The van der Waals surface area contributed by atoms with Gasteiger partial charge in [-0.25, -0.2) is 0 Å². The molecule has 1 aromatic heterocycles. The number of aromatic amines is 1. The molecule has 1 N–H and O–H groups in total. The van der Waals surface area contributed by atoms with Gasteiger partial charge in [0.25, 0.3) is 0 Å². The molecule has 1 aromatic carbocycles. The number of hydrogen-bond donors (Lipinski definition) is 1. The van der Waals surface area contributed by atoms with E-state index in [1.54, 1.807) is 0 Å². The van der Waals surface area contributed by atoms with Crippen molar-refractivity contribution < 1.29 is 0 Å². The van der Waals surface area contributed by atoms with Gasteiger partial charge >= 0.3 is 0 Å². The first-order valence-corrected chi connectivity index (χ1v) is 4.70. The number of nitrogens with one attached hydrogen (secondary N) is 1. The second-order valence-electron chi connectivity index (χ2n) is 3.21. The molecular weight excluding hydrogens is 185 g/mol.